The van der Waals surface area contributed by atoms with E-state index in [0.29, 0.717) is 11.9 Å². The van der Waals surface area contributed by atoms with Gasteiger partial charge < -0.3 is 14.2 Å². The lowest BCUT2D eigenvalue weighted by molar-refractivity contribution is -0.111. The molecule has 2 heterocycles. The molecule has 0 amide bonds. The van der Waals surface area contributed by atoms with Crippen LogP contribution >= 0.6 is 11.8 Å². The van der Waals surface area contributed by atoms with Crippen molar-refractivity contribution in [3.8, 4) is 0 Å². The van der Waals surface area contributed by atoms with Gasteiger partial charge >= 0.3 is 0 Å². The second-order valence-electron chi connectivity index (χ2n) is 3.87. The molecule has 0 aromatic rings. The molecule has 0 aromatic carbocycles. The summed E-state index contributed by atoms with van der Waals surface area (Å²) in [5.41, 5.74) is -0.349. The maximum Gasteiger partial charge on any atom is 0.129 e. The third-order valence-corrected chi connectivity index (χ3v) is 4.77. The molecule has 2 aliphatic rings. The standard InChI is InChI=1S/C9H15BO3S/c1-5-9(4-11-2)7(12-3)6(14-5)8(10)13-9/h5-8H,4H2,1-3H3/t5-,6-,7?,8+,9-/m0/s1. The fourth-order valence-electron chi connectivity index (χ4n) is 2.46. The van der Waals surface area contributed by atoms with Crippen molar-refractivity contribution in [3.05, 3.63) is 0 Å². The van der Waals surface area contributed by atoms with E-state index >= 15 is 0 Å². The molecule has 2 radical (unpaired) electrons. The third kappa shape index (κ3) is 1.26. The zero-order valence-electron chi connectivity index (χ0n) is 8.73. The largest absolute Gasteiger partial charge is 0.382 e. The zero-order chi connectivity index (χ0) is 10.3. The van der Waals surface area contributed by atoms with Crippen LogP contribution in [0.2, 0.25) is 0 Å². The van der Waals surface area contributed by atoms with Gasteiger partial charge in [-0.3, -0.25) is 0 Å². The predicted molar refractivity (Wildman–Crippen MR) is 56.9 cm³/mol. The quantitative estimate of drug-likeness (QED) is 0.636. The molecule has 3 nitrogen and oxygen atoms in total. The van der Waals surface area contributed by atoms with Crippen molar-refractivity contribution in [2.24, 2.45) is 0 Å². The van der Waals surface area contributed by atoms with Crippen molar-refractivity contribution >= 4 is 19.6 Å². The van der Waals surface area contributed by atoms with Gasteiger partial charge in [-0.1, -0.05) is 6.92 Å². The minimum atomic E-state index is -0.349. The number of ether oxygens (including phenoxy) is 3. The Morgan fingerprint density at radius 3 is 2.79 bits per heavy atom. The third-order valence-electron chi connectivity index (χ3n) is 3.13. The lowest BCUT2D eigenvalue weighted by atomic mass is 9.90. The highest BCUT2D eigenvalue weighted by molar-refractivity contribution is 8.01. The Morgan fingerprint density at radius 2 is 2.21 bits per heavy atom. The van der Waals surface area contributed by atoms with E-state index in [-0.39, 0.29) is 23.0 Å². The molecule has 2 aliphatic heterocycles. The van der Waals surface area contributed by atoms with Crippen LogP contribution in [-0.2, 0) is 14.2 Å². The summed E-state index contributed by atoms with van der Waals surface area (Å²) in [5.74, 6) is 0. The molecule has 14 heavy (non-hydrogen) atoms. The fraction of sp³-hybridized carbons (Fsp3) is 1.00. The Morgan fingerprint density at radius 1 is 1.50 bits per heavy atom. The first-order valence-electron chi connectivity index (χ1n) is 4.76. The molecule has 2 saturated heterocycles. The Bertz CT molecular complexity index is 228. The van der Waals surface area contributed by atoms with E-state index in [1.54, 1.807) is 14.2 Å². The average Bonchev–Trinajstić information content (AvgIpc) is 2.54. The maximum absolute atomic E-state index is 5.88. The maximum atomic E-state index is 5.88. The first-order chi connectivity index (χ1) is 6.65. The number of hydrogen-bond donors (Lipinski definition) is 0. The van der Waals surface area contributed by atoms with Gasteiger partial charge in [0, 0.05) is 25.5 Å². The predicted octanol–water partition coefficient (Wildman–Crippen LogP) is 0.415. The van der Waals surface area contributed by atoms with Gasteiger partial charge in [-0.15, -0.1) is 11.8 Å². The zero-order valence-corrected chi connectivity index (χ0v) is 9.54. The van der Waals surface area contributed by atoms with Crippen molar-refractivity contribution in [1.29, 1.82) is 0 Å². The smallest absolute Gasteiger partial charge is 0.129 e. The van der Waals surface area contributed by atoms with Crippen molar-refractivity contribution < 1.29 is 14.2 Å². The summed E-state index contributed by atoms with van der Waals surface area (Å²) in [6.45, 7) is 2.69. The van der Waals surface area contributed by atoms with E-state index in [0.717, 1.165) is 0 Å². The molecule has 0 spiro atoms. The molecule has 0 saturated carbocycles. The van der Waals surface area contributed by atoms with Gasteiger partial charge in [0.1, 0.15) is 19.6 Å². The summed E-state index contributed by atoms with van der Waals surface area (Å²) in [7, 11) is 9.28. The monoisotopic (exact) mass is 214 g/mol. The highest BCUT2D eigenvalue weighted by atomic mass is 32.2. The van der Waals surface area contributed by atoms with Crippen LogP contribution in [0.25, 0.3) is 0 Å². The van der Waals surface area contributed by atoms with Crippen LogP contribution in [0.1, 0.15) is 6.92 Å². The van der Waals surface area contributed by atoms with Crippen LogP contribution in [0.3, 0.4) is 0 Å². The summed E-state index contributed by atoms with van der Waals surface area (Å²) in [6.07, 6.45) is 0.0532. The van der Waals surface area contributed by atoms with Crippen molar-refractivity contribution in [1.82, 2.24) is 0 Å². The van der Waals surface area contributed by atoms with Crippen LogP contribution in [0.4, 0.5) is 0 Å². The second kappa shape index (κ2) is 3.70. The average molecular weight is 214 g/mol. The van der Waals surface area contributed by atoms with Gasteiger partial charge in [0.25, 0.3) is 0 Å². The molecule has 0 aliphatic carbocycles. The molecule has 5 atom stereocenters. The molecule has 2 fully saturated rings. The van der Waals surface area contributed by atoms with E-state index in [1.807, 2.05) is 11.8 Å². The van der Waals surface area contributed by atoms with Crippen molar-refractivity contribution in [2.45, 2.75) is 35.1 Å². The Balaban J connectivity index is 2.25. The Kier molecular flexibility index (Phi) is 2.86. The lowest BCUT2D eigenvalue weighted by Crippen LogP contribution is -2.49. The number of thioether (sulfide) groups is 1. The summed E-state index contributed by atoms with van der Waals surface area (Å²) < 4.78 is 16.5. The molecule has 5 heteroatoms. The number of hydrogen-bond acceptors (Lipinski definition) is 4. The van der Waals surface area contributed by atoms with Crippen LogP contribution in [0, 0.1) is 0 Å². The summed E-state index contributed by atoms with van der Waals surface area (Å²) in [5, 5.41) is 0.613. The van der Waals surface area contributed by atoms with Crippen LogP contribution in [-0.4, -0.2) is 56.9 Å². The highest BCUT2D eigenvalue weighted by Crippen LogP contribution is 2.52. The summed E-state index contributed by atoms with van der Waals surface area (Å²) in [4.78, 5) is 0. The van der Waals surface area contributed by atoms with Gasteiger partial charge in [0.15, 0.2) is 0 Å². The first-order valence-corrected chi connectivity index (χ1v) is 5.70. The van der Waals surface area contributed by atoms with Gasteiger partial charge in [0.05, 0.1) is 11.9 Å². The van der Waals surface area contributed by atoms with Crippen LogP contribution < -0.4 is 0 Å². The Labute approximate surface area is 90.3 Å². The minimum Gasteiger partial charge on any atom is -0.382 e. The van der Waals surface area contributed by atoms with Crippen LogP contribution in [0.5, 0.6) is 0 Å². The lowest BCUT2D eigenvalue weighted by Gasteiger charge is -2.35. The summed E-state index contributed by atoms with van der Waals surface area (Å²) in [6, 6.07) is -0.226. The van der Waals surface area contributed by atoms with Crippen molar-refractivity contribution in [2.75, 3.05) is 20.8 Å². The SMILES string of the molecule is [B][C@@H]1O[C@]2(COC)C(OC)[C@@H]1S[C@H]2C. The molecule has 0 N–H and O–H groups in total. The molecular weight excluding hydrogens is 199 g/mol. The summed E-state index contributed by atoms with van der Waals surface area (Å²) >= 11 is 1.84. The minimum absolute atomic E-state index is 0.0532. The Hall–Kier alpha value is 0.295. The molecule has 78 valence electrons. The van der Waals surface area contributed by atoms with E-state index in [1.165, 1.54) is 0 Å². The normalized spacial score (nSPS) is 51.4. The van der Waals surface area contributed by atoms with E-state index < -0.39 is 0 Å². The van der Waals surface area contributed by atoms with E-state index in [9.17, 15) is 0 Å². The van der Waals surface area contributed by atoms with Gasteiger partial charge in [0.2, 0.25) is 0 Å². The molecule has 2 rings (SSSR count). The number of methoxy groups -OCH3 is 2. The van der Waals surface area contributed by atoms with Gasteiger partial charge in [-0.05, 0) is 0 Å². The number of rotatable bonds is 3. The first kappa shape index (κ1) is 10.8. The second-order valence-corrected chi connectivity index (χ2v) is 5.39. The molecule has 1 unspecified atom stereocenters. The number of fused-ring (bicyclic) bond motifs is 2. The van der Waals surface area contributed by atoms with Gasteiger partial charge in [-0.2, -0.15) is 0 Å². The van der Waals surface area contributed by atoms with Crippen LogP contribution in [0.15, 0.2) is 0 Å². The van der Waals surface area contributed by atoms with Crippen molar-refractivity contribution in [3.63, 3.8) is 0 Å². The fourth-order valence-corrected chi connectivity index (χ4v) is 4.11. The topological polar surface area (TPSA) is 27.7 Å². The highest BCUT2D eigenvalue weighted by Gasteiger charge is 2.63. The van der Waals surface area contributed by atoms with E-state index in [2.05, 4.69) is 6.92 Å². The molecule has 2 bridgehead atoms. The van der Waals surface area contributed by atoms with E-state index in [4.69, 9.17) is 22.1 Å². The molecular formula is C9H15BO3S. The molecule has 0 aromatic heterocycles. The van der Waals surface area contributed by atoms with Gasteiger partial charge in [-0.25, -0.2) is 0 Å².